The van der Waals surface area contributed by atoms with E-state index in [2.05, 4.69) is 11.9 Å². The summed E-state index contributed by atoms with van der Waals surface area (Å²) in [7, 11) is 3.80. The van der Waals surface area contributed by atoms with Crippen LogP contribution in [0.15, 0.2) is 24.3 Å². The van der Waals surface area contributed by atoms with Crippen molar-refractivity contribution < 1.29 is 9.84 Å². The third-order valence-corrected chi connectivity index (χ3v) is 4.41. The molecule has 1 N–H and O–H groups in total. The van der Waals surface area contributed by atoms with Crippen LogP contribution in [0.4, 0.5) is 0 Å². The highest BCUT2D eigenvalue weighted by molar-refractivity contribution is 5.28. The van der Waals surface area contributed by atoms with E-state index < -0.39 is 6.10 Å². The fourth-order valence-corrected chi connectivity index (χ4v) is 3.05. The molecule has 1 aromatic rings. The third kappa shape index (κ3) is 4.22. The number of methoxy groups -OCH3 is 1. The van der Waals surface area contributed by atoms with Crippen LogP contribution in [0.3, 0.4) is 0 Å². The highest BCUT2D eigenvalue weighted by atomic mass is 16.5. The second-order valence-electron chi connectivity index (χ2n) is 5.87. The first-order valence-electron chi connectivity index (χ1n) is 7.73. The minimum Gasteiger partial charge on any atom is -0.497 e. The van der Waals surface area contributed by atoms with Crippen molar-refractivity contribution in [3.05, 3.63) is 29.8 Å². The minimum atomic E-state index is -0.422. The largest absolute Gasteiger partial charge is 0.497 e. The molecule has 1 fully saturated rings. The van der Waals surface area contributed by atoms with E-state index >= 15 is 0 Å². The molecule has 3 nitrogen and oxygen atoms in total. The van der Waals surface area contributed by atoms with Crippen molar-refractivity contribution in [2.45, 2.75) is 50.7 Å². The summed E-state index contributed by atoms with van der Waals surface area (Å²) >= 11 is 0. The van der Waals surface area contributed by atoms with Crippen LogP contribution in [0.5, 0.6) is 5.75 Å². The number of ether oxygens (including phenoxy) is 1. The first kappa shape index (κ1) is 15.3. The molecule has 1 aromatic carbocycles. The Labute approximate surface area is 122 Å². The molecule has 0 aromatic heterocycles. The molecule has 112 valence electrons. The van der Waals surface area contributed by atoms with Gasteiger partial charge in [-0.2, -0.15) is 0 Å². The molecule has 1 unspecified atom stereocenters. The van der Waals surface area contributed by atoms with E-state index in [0.717, 1.165) is 11.3 Å². The number of hydrogen-bond acceptors (Lipinski definition) is 3. The predicted molar refractivity (Wildman–Crippen MR) is 82.1 cm³/mol. The molecule has 0 heterocycles. The molecule has 1 aliphatic rings. The van der Waals surface area contributed by atoms with Crippen LogP contribution in [-0.4, -0.2) is 36.8 Å². The Balaban J connectivity index is 1.89. The van der Waals surface area contributed by atoms with Gasteiger partial charge in [0.05, 0.1) is 13.2 Å². The maximum absolute atomic E-state index is 10.4. The lowest BCUT2D eigenvalue weighted by Crippen LogP contribution is -2.34. The Morgan fingerprint density at radius 2 is 1.75 bits per heavy atom. The van der Waals surface area contributed by atoms with Crippen molar-refractivity contribution in [1.29, 1.82) is 0 Å². The van der Waals surface area contributed by atoms with Crippen molar-refractivity contribution >= 4 is 0 Å². The molecular formula is C17H27NO2. The molecule has 1 saturated carbocycles. The van der Waals surface area contributed by atoms with Gasteiger partial charge in [0, 0.05) is 12.6 Å². The number of rotatable bonds is 5. The third-order valence-electron chi connectivity index (χ3n) is 4.41. The molecule has 0 amide bonds. The molecule has 1 aliphatic carbocycles. The van der Waals surface area contributed by atoms with E-state index in [9.17, 15) is 5.11 Å². The molecule has 2 rings (SSSR count). The highest BCUT2D eigenvalue weighted by Gasteiger charge is 2.19. The lowest BCUT2D eigenvalue weighted by Gasteiger charge is -2.29. The van der Waals surface area contributed by atoms with Crippen molar-refractivity contribution in [1.82, 2.24) is 4.90 Å². The average Bonchev–Trinajstić information content (AvgIpc) is 2.76. The van der Waals surface area contributed by atoms with Crippen LogP contribution < -0.4 is 4.74 Å². The van der Waals surface area contributed by atoms with Gasteiger partial charge in [-0.3, -0.25) is 0 Å². The maximum atomic E-state index is 10.4. The molecule has 20 heavy (non-hydrogen) atoms. The molecule has 0 bridgehead atoms. The number of hydrogen-bond donors (Lipinski definition) is 1. The topological polar surface area (TPSA) is 32.7 Å². The van der Waals surface area contributed by atoms with Crippen molar-refractivity contribution in [2.75, 3.05) is 20.7 Å². The van der Waals surface area contributed by atoms with E-state index in [1.165, 1.54) is 38.5 Å². The van der Waals surface area contributed by atoms with Crippen LogP contribution in [0.25, 0.3) is 0 Å². The van der Waals surface area contributed by atoms with Gasteiger partial charge in [0.25, 0.3) is 0 Å². The van der Waals surface area contributed by atoms with E-state index in [1.54, 1.807) is 7.11 Å². The fraction of sp³-hybridized carbons (Fsp3) is 0.647. The first-order chi connectivity index (χ1) is 9.70. The normalized spacial score (nSPS) is 18.8. The Kier molecular flexibility index (Phi) is 5.86. The van der Waals surface area contributed by atoms with E-state index in [0.29, 0.717) is 12.6 Å². The maximum Gasteiger partial charge on any atom is 0.118 e. The predicted octanol–water partition coefficient (Wildman–Crippen LogP) is 3.38. The number of likely N-dealkylation sites (N-methyl/N-ethyl adjacent to an activating group) is 1. The van der Waals surface area contributed by atoms with Crippen LogP contribution >= 0.6 is 0 Å². The second kappa shape index (κ2) is 7.65. The zero-order valence-corrected chi connectivity index (χ0v) is 12.7. The number of nitrogens with zero attached hydrogens (tertiary/aromatic N) is 1. The standard InChI is InChI=1S/C17H27NO2/c1-18(15-7-5-3-4-6-8-15)13-17(19)14-9-11-16(20-2)12-10-14/h9-12,15,17,19H,3-8,13H2,1-2H3. The molecule has 0 aliphatic heterocycles. The van der Waals surface area contributed by atoms with E-state index in [4.69, 9.17) is 4.74 Å². The highest BCUT2D eigenvalue weighted by Crippen LogP contribution is 2.24. The van der Waals surface area contributed by atoms with Crippen molar-refractivity contribution in [2.24, 2.45) is 0 Å². The van der Waals surface area contributed by atoms with Gasteiger partial charge in [-0.05, 0) is 37.6 Å². The van der Waals surface area contributed by atoms with Crippen LogP contribution in [-0.2, 0) is 0 Å². The monoisotopic (exact) mass is 277 g/mol. The summed E-state index contributed by atoms with van der Waals surface area (Å²) in [4.78, 5) is 2.33. The van der Waals surface area contributed by atoms with Gasteiger partial charge in [-0.15, -0.1) is 0 Å². The van der Waals surface area contributed by atoms with Gasteiger partial charge < -0.3 is 14.7 Å². The van der Waals surface area contributed by atoms with Crippen LogP contribution in [0.2, 0.25) is 0 Å². The van der Waals surface area contributed by atoms with Gasteiger partial charge in [0.1, 0.15) is 5.75 Å². The summed E-state index contributed by atoms with van der Waals surface area (Å²) in [6, 6.07) is 8.34. The zero-order chi connectivity index (χ0) is 14.4. The summed E-state index contributed by atoms with van der Waals surface area (Å²) in [5.74, 6) is 0.832. The van der Waals surface area contributed by atoms with Gasteiger partial charge in [-0.1, -0.05) is 37.8 Å². The zero-order valence-electron chi connectivity index (χ0n) is 12.7. The van der Waals surface area contributed by atoms with Gasteiger partial charge >= 0.3 is 0 Å². The van der Waals surface area contributed by atoms with Crippen molar-refractivity contribution in [3.63, 3.8) is 0 Å². The number of benzene rings is 1. The van der Waals surface area contributed by atoms with Gasteiger partial charge in [0.15, 0.2) is 0 Å². The lowest BCUT2D eigenvalue weighted by molar-refractivity contribution is 0.0990. The summed E-state index contributed by atoms with van der Waals surface area (Å²) in [6.07, 6.45) is 7.50. The second-order valence-corrected chi connectivity index (χ2v) is 5.87. The summed E-state index contributed by atoms with van der Waals surface area (Å²) in [5, 5.41) is 10.4. The molecule has 1 atom stereocenters. The van der Waals surface area contributed by atoms with Crippen LogP contribution in [0, 0.1) is 0 Å². The SMILES string of the molecule is COc1ccc(C(O)CN(C)C2CCCCCC2)cc1. The Bertz CT molecular complexity index is 382. The number of aliphatic hydroxyl groups excluding tert-OH is 1. The Morgan fingerprint density at radius 1 is 1.15 bits per heavy atom. The number of aliphatic hydroxyl groups is 1. The van der Waals surface area contributed by atoms with Crippen molar-refractivity contribution in [3.8, 4) is 5.75 Å². The van der Waals surface area contributed by atoms with Crippen LogP contribution in [0.1, 0.15) is 50.2 Å². The Morgan fingerprint density at radius 3 is 2.30 bits per heavy atom. The Hall–Kier alpha value is -1.06. The molecule has 0 spiro atoms. The van der Waals surface area contributed by atoms with Gasteiger partial charge in [0.2, 0.25) is 0 Å². The summed E-state index contributed by atoms with van der Waals surface area (Å²) < 4.78 is 5.15. The molecular weight excluding hydrogens is 250 g/mol. The lowest BCUT2D eigenvalue weighted by atomic mass is 10.0. The quantitative estimate of drug-likeness (QED) is 0.837. The van der Waals surface area contributed by atoms with E-state index in [-0.39, 0.29) is 0 Å². The smallest absolute Gasteiger partial charge is 0.118 e. The molecule has 0 radical (unpaired) electrons. The first-order valence-corrected chi connectivity index (χ1v) is 7.73. The average molecular weight is 277 g/mol. The minimum absolute atomic E-state index is 0.422. The molecule has 0 saturated heterocycles. The fourth-order valence-electron chi connectivity index (χ4n) is 3.05. The summed E-state index contributed by atoms with van der Waals surface area (Å²) in [6.45, 7) is 0.705. The van der Waals surface area contributed by atoms with Gasteiger partial charge in [-0.25, -0.2) is 0 Å². The van der Waals surface area contributed by atoms with E-state index in [1.807, 2.05) is 24.3 Å². The molecule has 3 heteroatoms. The summed E-state index contributed by atoms with van der Waals surface area (Å²) in [5.41, 5.74) is 0.964.